The van der Waals surface area contributed by atoms with Crippen LogP contribution in [0.3, 0.4) is 0 Å². The van der Waals surface area contributed by atoms with Crippen LogP contribution in [-0.2, 0) is 10.0 Å². The predicted octanol–water partition coefficient (Wildman–Crippen LogP) is 2.73. The first-order chi connectivity index (χ1) is 12.8. The molecule has 2 fully saturated rings. The SMILES string of the molecule is CC1CC(C)CN(S(=O)(=O)c2cccc(C(=O)N3CCCCC3CN)c2)C1.Cl. The van der Waals surface area contributed by atoms with Crippen molar-refractivity contribution in [3.63, 3.8) is 0 Å². The van der Waals surface area contributed by atoms with Crippen molar-refractivity contribution in [2.45, 2.75) is 50.5 Å². The van der Waals surface area contributed by atoms with Crippen molar-refractivity contribution in [3.05, 3.63) is 29.8 Å². The van der Waals surface area contributed by atoms with Crippen LogP contribution in [0.2, 0.25) is 0 Å². The molecular weight excluding hydrogens is 398 g/mol. The number of sulfonamides is 1. The number of hydrogen-bond acceptors (Lipinski definition) is 4. The van der Waals surface area contributed by atoms with E-state index in [-0.39, 0.29) is 29.3 Å². The summed E-state index contributed by atoms with van der Waals surface area (Å²) in [5, 5.41) is 0. The van der Waals surface area contributed by atoms with E-state index in [2.05, 4.69) is 13.8 Å². The van der Waals surface area contributed by atoms with Crippen LogP contribution in [0, 0.1) is 11.8 Å². The fourth-order valence-electron chi connectivity index (χ4n) is 4.42. The highest BCUT2D eigenvalue weighted by atomic mass is 35.5. The summed E-state index contributed by atoms with van der Waals surface area (Å²) in [7, 11) is -3.60. The Bertz CT molecular complexity index is 777. The summed E-state index contributed by atoms with van der Waals surface area (Å²) in [5.41, 5.74) is 6.26. The van der Waals surface area contributed by atoms with E-state index in [0.717, 1.165) is 25.7 Å². The van der Waals surface area contributed by atoms with E-state index in [1.165, 1.54) is 6.07 Å². The van der Waals surface area contributed by atoms with Crippen molar-refractivity contribution in [2.24, 2.45) is 17.6 Å². The van der Waals surface area contributed by atoms with Gasteiger partial charge in [-0.1, -0.05) is 19.9 Å². The number of benzene rings is 1. The number of carbonyl (C=O) groups excluding carboxylic acids is 1. The number of nitrogens with zero attached hydrogens (tertiary/aromatic N) is 2. The molecule has 2 saturated heterocycles. The molecule has 3 atom stereocenters. The number of hydrogen-bond donors (Lipinski definition) is 1. The highest BCUT2D eigenvalue weighted by Gasteiger charge is 2.33. The van der Waals surface area contributed by atoms with Gasteiger partial charge in [-0.3, -0.25) is 4.79 Å². The molecule has 2 aliphatic rings. The van der Waals surface area contributed by atoms with Gasteiger partial charge in [0.25, 0.3) is 5.91 Å². The smallest absolute Gasteiger partial charge is 0.254 e. The third-order valence-electron chi connectivity index (χ3n) is 5.71. The minimum absolute atomic E-state index is 0. The van der Waals surface area contributed by atoms with Gasteiger partial charge in [0.15, 0.2) is 0 Å². The Balaban J connectivity index is 0.00000280. The second-order valence-electron chi connectivity index (χ2n) is 8.18. The Morgan fingerprint density at radius 1 is 1.18 bits per heavy atom. The summed E-state index contributed by atoms with van der Waals surface area (Å²) < 4.78 is 27.8. The van der Waals surface area contributed by atoms with Crippen molar-refractivity contribution < 1.29 is 13.2 Å². The first kappa shape index (κ1) is 23.1. The van der Waals surface area contributed by atoms with Gasteiger partial charge in [-0.05, 0) is 55.7 Å². The number of carbonyl (C=O) groups is 1. The third kappa shape index (κ3) is 4.87. The summed E-state index contributed by atoms with van der Waals surface area (Å²) in [5.74, 6) is 0.557. The monoisotopic (exact) mass is 429 g/mol. The lowest BCUT2D eigenvalue weighted by atomic mass is 9.94. The summed E-state index contributed by atoms with van der Waals surface area (Å²) in [6, 6.07) is 6.52. The van der Waals surface area contributed by atoms with Gasteiger partial charge in [-0.15, -0.1) is 12.4 Å². The van der Waals surface area contributed by atoms with Gasteiger partial charge in [0, 0.05) is 37.8 Å². The largest absolute Gasteiger partial charge is 0.334 e. The van der Waals surface area contributed by atoms with Crippen molar-refractivity contribution in [1.29, 1.82) is 0 Å². The Kier molecular flexibility index (Phi) is 7.90. The predicted molar refractivity (Wildman–Crippen MR) is 113 cm³/mol. The van der Waals surface area contributed by atoms with Gasteiger partial charge in [0.2, 0.25) is 10.0 Å². The molecule has 2 aliphatic heterocycles. The van der Waals surface area contributed by atoms with Gasteiger partial charge < -0.3 is 10.6 Å². The maximum Gasteiger partial charge on any atom is 0.254 e. The van der Waals surface area contributed by atoms with Gasteiger partial charge in [-0.2, -0.15) is 4.31 Å². The fourth-order valence-corrected chi connectivity index (χ4v) is 6.15. The molecule has 0 spiro atoms. The summed E-state index contributed by atoms with van der Waals surface area (Å²) in [4.78, 5) is 15.0. The Labute approximate surface area is 174 Å². The van der Waals surface area contributed by atoms with E-state index in [4.69, 9.17) is 5.73 Å². The van der Waals surface area contributed by atoms with Crippen molar-refractivity contribution in [2.75, 3.05) is 26.2 Å². The van der Waals surface area contributed by atoms with Gasteiger partial charge in [0.1, 0.15) is 0 Å². The molecule has 0 bridgehead atoms. The molecule has 0 saturated carbocycles. The van der Waals surface area contributed by atoms with Crippen molar-refractivity contribution >= 4 is 28.3 Å². The highest BCUT2D eigenvalue weighted by molar-refractivity contribution is 7.89. The molecule has 158 valence electrons. The fraction of sp³-hybridized carbons (Fsp3) is 0.650. The average molecular weight is 430 g/mol. The van der Waals surface area contributed by atoms with Crippen LogP contribution in [0.15, 0.2) is 29.2 Å². The van der Waals surface area contributed by atoms with Crippen molar-refractivity contribution in [3.8, 4) is 0 Å². The summed E-state index contributed by atoms with van der Waals surface area (Å²) in [6.45, 7) is 6.35. The van der Waals surface area contributed by atoms with Crippen LogP contribution in [0.5, 0.6) is 0 Å². The summed E-state index contributed by atoms with van der Waals surface area (Å²) >= 11 is 0. The molecule has 0 aliphatic carbocycles. The van der Waals surface area contributed by atoms with Gasteiger partial charge in [-0.25, -0.2) is 8.42 Å². The Morgan fingerprint density at radius 2 is 1.86 bits per heavy atom. The first-order valence-corrected chi connectivity index (χ1v) is 11.4. The maximum atomic E-state index is 13.1. The second kappa shape index (κ2) is 9.57. The minimum Gasteiger partial charge on any atom is -0.334 e. The van der Waals surface area contributed by atoms with Gasteiger partial charge >= 0.3 is 0 Å². The minimum atomic E-state index is -3.60. The maximum absolute atomic E-state index is 13.1. The molecule has 2 heterocycles. The molecule has 1 aromatic rings. The lowest BCUT2D eigenvalue weighted by Crippen LogP contribution is -2.47. The molecule has 0 radical (unpaired) electrons. The van der Waals surface area contributed by atoms with E-state index in [1.54, 1.807) is 27.4 Å². The van der Waals surface area contributed by atoms with Crippen LogP contribution in [0.4, 0.5) is 0 Å². The zero-order valence-corrected chi connectivity index (χ0v) is 18.3. The first-order valence-electron chi connectivity index (χ1n) is 9.94. The van der Waals surface area contributed by atoms with E-state index in [1.807, 2.05) is 0 Å². The zero-order valence-electron chi connectivity index (χ0n) is 16.7. The quantitative estimate of drug-likeness (QED) is 0.797. The molecule has 1 amide bonds. The Morgan fingerprint density at radius 3 is 2.50 bits per heavy atom. The number of amides is 1. The topological polar surface area (TPSA) is 83.7 Å². The number of nitrogens with two attached hydrogens (primary N) is 1. The second-order valence-corrected chi connectivity index (χ2v) is 10.1. The normalized spacial score (nSPS) is 26.5. The molecule has 2 N–H and O–H groups in total. The Hall–Kier alpha value is -1.15. The highest BCUT2D eigenvalue weighted by Crippen LogP contribution is 2.27. The molecular formula is C20H32ClN3O3S. The number of halogens is 1. The zero-order chi connectivity index (χ0) is 19.6. The molecule has 1 aromatic carbocycles. The molecule has 3 rings (SSSR count). The lowest BCUT2D eigenvalue weighted by Gasteiger charge is -2.35. The van der Waals surface area contributed by atoms with E-state index in [0.29, 0.717) is 43.6 Å². The molecule has 0 aromatic heterocycles. The van der Waals surface area contributed by atoms with E-state index >= 15 is 0 Å². The average Bonchev–Trinajstić information content (AvgIpc) is 2.66. The summed E-state index contributed by atoms with van der Waals surface area (Å²) in [6.07, 6.45) is 3.99. The standard InChI is InChI=1S/C20H31N3O3S.ClH/c1-15-10-16(2)14-22(13-15)27(25,26)19-8-5-6-17(11-19)20(24)23-9-4-3-7-18(23)12-21;/h5-6,8,11,15-16,18H,3-4,7,9-10,12-14,21H2,1-2H3;1H. The van der Waals surface area contributed by atoms with Crippen LogP contribution >= 0.6 is 12.4 Å². The molecule has 3 unspecified atom stereocenters. The number of piperidine rings is 2. The lowest BCUT2D eigenvalue weighted by molar-refractivity contribution is 0.0623. The molecule has 8 heteroatoms. The van der Waals surface area contributed by atoms with Crippen LogP contribution in [0.25, 0.3) is 0 Å². The van der Waals surface area contributed by atoms with Crippen LogP contribution in [-0.4, -0.2) is 55.8 Å². The van der Waals surface area contributed by atoms with Gasteiger partial charge in [0.05, 0.1) is 4.90 Å². The van der Waals surface area contributed by atoms with Crippen LogP contribution < -0.4 is 5.73 Å². The van der Waals surface area contributed by atoms with E-state index < -0.39 is 10.0 Å². The number of likely N-dealkylation sites (tertiary alicyclic amines) is 1. The number of rotatable bonds is 4. The molecule has 28 heavy (non-hydrogen) atoms. The third-order valence-corrected chi connectivity index (χ3v) is 7.54. The molecule has 6 nitrogen and oxygen atoms in total. The van der Waals surface area contributed by atoms with Crippen molar-refractivity contribution in [1.82, 2.24) is 9.21 Å². The van der Waals surface area contributed by atoms with Crippen LogP contribution in [0.1, 0.15) is 49.9 Å². The van der Waals surface area contributed by atoms with E-state index in [9.17, 15) is 13.2 Å².